The van der Waals surface area contributed by atoms with Crippen molar-refractivity contribution < 1.29 is 18.3 Å². The number of hydrogen-bond acceptors (Lipinski definition) is 5. The van der Waals surface area contributed by atoms with Crippen LogP contribution in [-0.4, -0.2) is 31.0 Å². The van der Waals surface area contributed by atoms with Gasteiger partial charge in [0.15, 0.2) is 0 Å². The maximum Gasteiger partial charge on any atom is 0.336 e. The Balaban J connectivity index is 1.66. The number of nitrogens with zero attached hydrogens (tertiary/aromatic N) is 1. The molecule has 152 valence electrons. The second-order valence-corrected chi connectivity index (χ2v) is 9.26. The molecule has 6 nitrogen and oxygen atoms in total. The van der Waals surface area contributed by atoms with E-state index in [0.717, 1.165) is 16.3 Å². The van der Waals surface area contributed by atoms with Crippen molar-refractivity contribution in [2.24, 2.45) is 0 Å². The molecule has 3 rings (SSSR count). The average molecular weight is 431 g/mol. The smallest absolute Gasteiger partial charge is 0.336 e. The topological polar surface area (TPSA) is 96.4 Å². The van der Waals surface area contributed by atoms with E-state index in [9.17, 15) is 18.3 Å². The number of aromatic carboxylic acids is 1. The van der Waals surface area contributed by atoms with Crippen LogP contribution in [0.3, 0.4) is 0 Å². The maximum absolute atomic E-state index is 12.5. The van der Waals surface area contributed by atoms with Crippen LogP contribution < -0.4 is 4.72 Å². The lowest BCUT2D eigenvalue weighted by Gasteiger charge is -2.09. The molecule has 0 fully saturated rings. The van der Waals surface area contributed by atoms with Crippen molar-refractivity contribution in [2.75, 3.05) is 6.54 Å². The summed E-state index contributed by atoms with van der Waals surface area (Å²) < 4.78 is 27.6. The Morgan fingerprint density at radius 2 is 1.90 bits per heavy atom. The van der Waals surface area contributed by atoms with Crippen molar-refractivity contribution in [3.05, 3.63) is 70.2 Å². The van der Waals surface area contributed by atoms with E-state index in [-0.39, 0.29) is 17.0 Å². The first-order valence-electron chi connectivity index (χ1n) is 9.17. The minimum atomic E-state index is -3.80. The van der Waals surface area contributed by atoms with Gasteiger partial charge >= 0.3 is 5.97 Å². The minimum absolute atomic E-state index is 0.0117. The fourth-order valence-corrected chi connectivity index (χ4v) is 4.80. The highest BCUT2D eigenvalue weighted by Crippen LogP contribution is 2.24. The first-order valence-corrected chi connectivity index (χ1v) is 11.5. The van der Waals surface area contributed by atoms with Crippen LogP contribution >= 0.6 is 11.3 Å². The Morgan fingerprint density at radius 1 is 1.17 bits per heavy atom. The average Bonchev–Trinajstić information content (AvgIpc) is 3.16. The number of hydrogen-bond donors (Lipinski definition) is 2. The molecule has 0 radical (unpaired) electrons. The summed E-state index contributed by atoms with van der Waals surface area (Å²) in [5.41, 5.74) is 3.63. The molecule has 8 heteroatoms. The number of thiazole rings is 1. The second kappa shape index (κ2) is 8.86. The van der Waals surface area contributed by atoms with Gasteiger partial charge in [0.2, 0.25) is 10.0 Å². The zero-order valence-corrected chi connectivity index (χ0v) is 17.8. The highest BCUT2D eigenvalue weighted by atomic mass is 32.2. The third kappa shape index (κ3) is 5.09. The Hall–Kier alpha value is -2.55. The van der Waals surface area contributed by atoms with Crippen molar-refractivity contribution >= 4 is 27.3 Å². The molecule has 29 heavy (non-hydrogen) atoms. The Morgan fingerprint density at radius 3 is 2.55 bits per heavy atom. The number of benzene rings is 2. The van der Waals surface area contributed by atoms with Gasteiger partial charge in [-0.25, -0.2) is 22.9 Å². The third-order valence-corrected chi connectivity index (χ3v) is 6.93. The highest BCUT2D eigenvalue weighted by molar-refractivity contribution is 7.89. The van der Waals surface area contributed by atoms with Crippen molar-refractivity contribution in [3.63, 3.8) is 0 Å². The quantitative estimate of drug-likeness (QED) is 0.565. The number of aromatic nitrogens is 1. The Bertz CT molecular complexity index is 1120. The van der Waals surface area contributed by atoms with Gasteiger partial charge in [0.1, 0.15) is 5.01 Å². The molecule has 0 aliphatic rings. The molecule has 0 bridgehead atoms. The van der Waals surface area contributed by atoms with Crippen LogP contribution in [0.5, 0.6) is 0 Å². The van der Waals surface area contributed by atoms with Crippen LogP contribution in [-0.2, 0) is 22.9 Å². The largest absolute Gasteiger partial charge is 0.478 e. The summed E-state index contributed by atoms with van der Waals surface area (Å²) in [5.74, 6) is -1.13. The number of aryl methyl sites for hydroxylation is 2. The molecule has 3 aromatic rings. The third-order valence-electron chi connectivity index (χ3n) is 4.53. The molecule has 1 aromatic heterocycles. The van der Waals surface area contributed by atoms with E-state index in [1.54, 1.807) is 6.07 Å². The highest BCUT2D eigenvalue weighted by Gasteiger charge is 2.18. The first-order chi connectivity index (χ1) is 13.8. The van der Waals surface area contributed by atoms with E-state index in [1.807, 2.05) is 43.5 Å². The Kier molecular flexibility index (Phi) is 6.46. The van der Waals surface area contributed by atoms with Gasteiger partial charge in [-0.3, -0.25) is 0 Å². The minimum Gasteiger partial charge on any atom is -0.478 e. The molecule has 0 aliphatic heterocycles. The van der Waals surface area contributed by atoms with Crippen LogP contribution in [0.15, 0.2) is 52.7 Å². The molecule has 0 amide bonds. The van der Waals surface area contributed by atoms with E-state index in [1.165, 1.54) is 29.0 Å². The normalized spacial score (nSPS) is 11.5. The molecule has 0 saturated carbocycles. The molecule has 2 N–H and O–H groups in total. The second-order valence-electron chi connectivity index (χ2n) is 6.64. The van der Waals surface area contributed by atoms with Gasteiger partial charge in [0, 0.05) is 23.9 Å². The van der Waals surface area contributed by atoms with Crippen LogP contribution in [0, 0.1) is 6.92 Å². The van der Waals surface area contributed by atoms with Gasteiger partial charge in [-0.2, -0.15) is 0 Å². The van der Waals surface area contributed by atoms with E-state index in [0.29, 0.717) is 18.4 Å². The monoisotopic (exact) mass is 430 g/mol. The zero-order chi connectivity index (χ0) is 21.0. The summed E-state index contributed by atoms with van der Waals surface area (Å²) in [6.45, 7) is 4.03. The van der Waals surface area contributed by atoms with Crippen LogP contribution in [0.25, 0.3) is 10.6 Å². The molecule has 1 heterocycles. The molecule has 0 saturated heterocycles. The van der Waals surface area contributed by atoms with Crippen molar-refractivity contribution in [1.29, 1.82) is 0 Å². The standard InChI is InChI=1S/C21H22N2O4S2/c1-3-15-8-9-18(12-19(15)21(24)25)29(26,27)22-11-10-17-13-28-20(23-17)16-6-4-14(2)5-7-16/h4-9,12-13,22H,3,10-11H2,1-2H3,(H,24,25). The predicted molar refractivity (Wildman–Crippen MR) is 114 cm³/mol. The van der Waals surface area contributed by atoms with Gasteiger partial charge in [-0.1, -0.05) is 42.8 Å². The molecular formula is C21H22N2O4S2. The van der Waals surface area contributed by atoms with Gasteiger partial charge in [0.25, 0.3) is 0 Å². The number of carbonyl (C=O) groups is 1. The summed E-state index contributed by atoms with van der Waals surface area (Å²) in [7, 11) is -3.80. The van der Waals surface area contributed by atoms with Gasteiger partial charge in [-0.15, -0.1) is 11.3 Å². The van der Waals surface area contributed by atoms with Crippen LogP contribution in [0.2, 0.25) is 0 Å². The fraction of sp³-hybridized carbons (Fsp3) is 0.238. The van der Waals surface area contributed by atoms with Gasteiger partial charge in [-0.05, 0) is 31.0 Å². The summed E-state index contributed by atoms with van der Waals surface area (Å²) in [6, 6.07) is 12.3. The zero-order valence-electron chi connectivity index (χ0n) is 16.2. The molecule has 2 aromatic carbocycles. The Labute approximate surface area is 174 Å². The maximum atomic E-state index is 12.5. The molecular weight excluding hydrogens is 408 g/mol. The van der Waals surface area contributed by atoms with E-state index in [4.69, 9.17) is 0 Å². The van der Waals surface area contributed by atoms with E-state index in [2.05, 4.69) is 9.71 Å². The first kappa shape index (κ1) is 21.2. The lowest BCUT2D eigenvalue weighted by atomic mass is 10.1. The number of carboxylic acid groups (broad SMARTS) is 1. The SMILES string of the molecule is CCc1ccc(S(=O)(=O)NCCc2csc(-c3ccc(C)cc3)n2)cc1C(=O)O. The van der Waals surface area contributed by atoms with Crippen LogP contribution in [0.4, 0.5) is 0 Å². The lowest BCUT2D eigenvalue weighted by Crippen LogP contribution is -2.26. The fourth-order valence-electron chi connectivity index (χ4n) is 2.88. The summed E-state index contributed by atoms with van der Waals surface area (Å²) >= 11 is 1.52. The number of carboxylic acids is 1. The summed E-state index contributed by atoms with van der Waals surface area (Å²) in [5, 5.41) is 12.1. The van der Waals surface area contributed by atoms with Crippen molar-refractivity contribution in [3.8, 4) is 10.6 Å². The molecule has 0 unspecified atom stereocenters. The number of sulfonamides is 1. The van der Waals surface area contributed by atoms with Crippen molar-refractivity contribution in [1.82, 2.24) is 9.71 Å². The predicted octanol–water partition coefficient (Wildman–Crippen LogP) is 3.90. The van der Waals surface area contributed by atoms with E-state index < -0.39 is 16.0 Å². The lowest BCUT2D eigenvalue weighted by molar-refractivity contribution is 0.0695. The van der Waals surface area contributed by atoms with Crippen LogP contribution in [0.1, 0.15) is 34.1 Å². The van der Waals surface area contributed by atoms with Crippen molar-refractivity contribution in [2.45, 2.75) is 31.6 Å². The molecule has 0 atom stereocenters. The summed E-state index contributed by atoms with van der Waals surface area (Å²) in [4.78, 5) is 15.9. The van der Waals surface area contributed by atoms with Gasteiger partial charge < -0.3 is 5.11 Å². The van der Waals surface area contributed by atoms with E-state index >= 15 is 0 Å². The van der Waals surface area contributed by atoms with Gasteiger partial charge in [0.05, 0.1) is 16.2 Å². The summed E-state index contributed by atoms with van der Waals surface area (Å²) in [6.07, 6.45) is 0.961. The molecule has 0 spiro atoms. The number of rotatable bonds is 8. The molecule has 0 aliphatic carbocycles. The number of nitrogens with one attached hydrogen (secondary N) is 1.